The number of nitrogen functional groups attached to an aromatic ring is 1. The minimum absolute atomic E-state index is 0.0459. The third kappa shape index (κ3) is 6.47. The number of anilines is 1. The van der Waals surface area contributed by atoms with E-state index in [1.165, 1.54) is 11.6 Å². The molecule has 1 amide bonds. The molecule has 0 aliphatic heterocycles. The summed E-state index contributed by atoms with van der Waals surface area (Å²) in [5, 5.41) is 13.3. The molecule has 0 radical (unpaired) electrons. The molecule has 3 N–H and O–H groups in total. The van der Waals surface area contributed by atoms with E-state index >= 15 is 0 Å². The lowest BCUT2D eigenvalue weighted by Crippen LogP contribution is -2.32. The Morgan fingerprint density at radius 3 is 2.37 bits per heavy atom. The molecular weight excluding hydrogens is 390 g/mol. The van der Waals surface area contributed by atoms with Crippen LogP contribution in [0.25, 0.3) is 0 Å². The fourth-order valence-corrected chi connectivity index (χ4v) is 2.52. The number of carbonyl (C=O) groups is 2. The fourth-order valence-electron chi connectivity index (χ4n) is 2.52. The molecule has 0 aliphatic rings. The summed E-state index contributed by atoms with van der Waals surface area (Å²) in [5.74, 6) is -0.652. The Morgan fingerprint density at radius 1 is 1.13 bits per heavy atom. The van der Waals surface area contributed by atoms with Gasteiger partial charge in [0.2, 0.25) is 0 Å². The van der Waals surface area contributed by atoms with Crippen LogP contribution >= 0.6 is 0 Å². The van der Waals surface area contributed by atoms with E-state index in [1.807, 2.05) is 24.3 Å². The molecule has 2 aromatic rings. The van der Waals surface area contributed by atoms with Gasteiger partial charge in [-0.1, -0.05) is 32.9 Å². The van der Waals surface area contributed by atoms with Crippen molar-refractivity contribution in [3.63, 3.8) is 0 Å². The second kappa shape index (κ2) is 9.73. The highest BCUT2D eigenvalue weighted by Crippen LogP contribution is 2.24. The van der Waals surface area contributed by atoms with E-state index < -0.39 is 23.4 Å². The van der Waals surface area contributed by atoms with E-state index in [2.05, 4.69) is 26.1 Å². The van der Waals surface area contributed by atoms with E-state index in [-0.39, 0.29) is 35.5 Å². The Labute approximate surface area is 174 Å². The molecule has 0 heterocycles. The molecule has 0 spiro atoms. The van der Waals surface area contributed by atoms with E-state index in [0.29, 0.717) is 5.75 Å². The van der Waals surface area contributed by atoms with E-state index in [1.54, 1.807) is 0 Å². The van der Waals surface area contributed by atoms with Gasteiger partial charge in [-0.2, -0.15) is 0 Å². The number of nitro benzene ring substituents is 1. The van der Waals surface area contributed by atoms with Crippen molar-refractivity contribution >= 4 is 23.3 Å². The SMILES string of the molecule is CC(C)(C)c1ccc(OCCNC(=O)COC(=O)c2ccc([N+](=O)[O-])cc2N)cc1. The zero-order valence-corrected chi connectivity index (χ0v) is 17.1. The largest absolute Gasteiger partial charge is 0.492 e. The number of non-ortho nitro benzene ring substituents is 1. The number of hydrogen-bond acceptors (Lipinski definition) is 7. The van der Waals surface area contributed by atoms with Gasteiger partial charge in [0.25, 0.3) is 11.6 Å². The number of nitrogens with one attached hydrogen (secondary N) is 1. The van der Waals surface area contributed by atoms with Gasteiger partial charge in [0.15, 0.2) is 6.61 Å². The van der Waals surface area contributed by atoms with Crippen LogP contribution in [-0.2, 0) is 14.9 Å². The average Bonchev–Trinajstić information content (AvgIpc) is 2.69. The maximum atomic E-state index is 12.0. The first-order chi connectivity index (χ1) is 14.1. The van der Waals surface area contributed by atoms with Crippen molar-refractivity contribution in [3.05, 3.63) is 63.7 Å². The first-order valence-electron chi connectivity index (χ1n) is 9.29. The predicted octanol–water partition coefficient (Wildman–Crippen LogP) is 2.83. The zero-order chi connectivity index (χ0) is 22.3. The third-order valence-electron chi connectivity index (χ3n) is 4.21. The number of nitro groups is 1. The summed E-state index contributed by atoms with van der Waals surface area (Å²) >= 11 is 0. The van der Waals surface area contributed by atoms with Crippen molar-refractivity contribution in [2.45, 2.75) is 26.2 Å². The van der Waals surface area contributed by atoms with Crippen LogP contribution in [0, 0.1) is 10.1 Å². The summed E-state index contributed by atoms with van der Waals surface area (Å²) in [6.45, 7) is 6.36. The summed E-state index contributed by atoms with van der Waals surface area (Å²) in [7, 11) is 0. The Balaban J connectivity index is 1.72. The molecule has 0 bridgehead atoms. The van der Waals surface area contributed by atoms with Crippen LogP contribution in [0.4, 0.5) is 11.4 Å². The normalized spacial score (nSPS) is 10.9. The molecule has 30 heavy (non-hydrogen) atoms. The first-order valence-corrected chi connectivity index (χ1v) is 9.29. The lowest BCUT2D eigenvalue weighted by molar-refractivity contribution is -0.384. The van der Waals surface area contributed by atoms with Crippen LogP contribution in [0.3, 0.4) is 0 Å². The molecular formula is C21H25N3O6. The quantitative estimate of drug-likeness (QED) is 0.223. The lowest BCUT2D eigenvalue weighted by atomic mass is 9.87. The van der Waals surface area contributed by atoms with Crippen LogP contribution in [0.2, 0.25) is 0 Å². The number of rotatable bonds is 8. The molecule has 0 atom stereocenters. The molecule has 9 heteroatoms. The molecule has 0 unspecified atom stereocenters. The number of nitrogens with zero attached hydrogens (tertiary/aromatic N) is 1. The van der Waals surface area contributed by atoms with E-state index in [0.717, 1.165) is 12.1 Å². The highest BCUT2D eigenvalue weighted by molar-refractivity contribution is 5.96. The minimum Gasteiger partial charge on any atom is -0.492 e. The van der Waals surface area contributed by atoms with Crippen molar-refractivity contribution in [3.8, 4) is 5.75 Å². The van der Waals surface area contributed by atoms with Gasteiger partial charge in [0.1, 0.15) is 12.4 Å². The lowest BCUT2D eigenvalue weighted by Gasteiger charge is -2.19. The van der Waals surface area contributed by atoms with Crippen molar-refractivity contribution in [1.29, 1.82) is 0 Å². The molecule has 160 valence electrons. The van der Waals surface area contributed by atoms with Crippen LogP contribution in [-0.4, -0.2) is 36.6 Å². The topological polar surface area (TPSA) is 134 Å². The van der Waals surface area contributed by atoms with Gasteiger partial charge in [0, 0.05) is 12.1 Å². The molecule has 0 saturated carbocycles. The molecule has 0 saturated heterocycles. The van der Waals surface area contributed by atoms with Crippen molar-refractivity contribution in [1.82, 2.24) is 5.32 Å². The molecule has 0 aromatic heterocycles. The third-order valence-corrected chi connectivity index (χ3v) is 4.21. The highest BCUT2D eigenvalue weighted by Gasteiger charge is 2.17. The zero-order valence-electron chi connectivity index (χ0n) is 17.1. The highest BCUT2D eigenvalue weighted by atomic mass is 16.6. The Kier molecular flexibility index (Phi) is 7.35. The molecule has 0 fully saturated rings. The molecule has 2 rings (SSSR count). The second-order valence-corrected chi connectivity index (χ2v) is 7.58. The summed E-state index contributed by atoms with van der Waals surface area (Å²) in [4.78, 5) is 33.9. The number of esters is 1. The van der Waals surface area contributed by atoms with Crippen molar-refractivity contribution in [2.75, 3.05) is 25.5 Å². The number of ether oxygens (including phenoxy) is 2. The molecule has 0 aliphatic carbocycles. The number of amides is 1. The number of carbonyl (C=O) groups excluding carboxylic acids is 2. The Bertz CT molecular complexity index is 919. The van der Waals surface area contributed by atoms with Crippen LogP contribution in [0.1, 0.15) is 36.7 Å². The van der Waals surface area contributed by atoms with Crippen LogP contribution < -0.4 is 15.8 Å². The molecule has 2 aromatic carbocycles. The van der Waals surface area contributed by atoms with Crippen molar-refractivity contribution in [2.24, 2.45) is 0 Å². The van der Waals surface area contributed by atoms with Crippen LogP contribution in [0.5, 0.6) is 5.75 Å². The predicted molar refractivity (Wildman–Crippen MR) is 111 cm³/mol. The van der Waals surface area contributed by atoms with Crippen molar-refractivity contribution < 1.29 is 24.0 Å². The van der Waals surface area contributed by atoms with Gasteiger partial charge in [-0.05, 0) is 29.2 Å². The van der Waals surface area contributed by atoms with Crippen LogP contribution in [0.15, 0.2) is 42.5 Å². The first kappa shape index (κ1) is 22.7. The van der Waals surface area contributed by atoms with E-state index in [9.17, 15) is 19.7 Å². The summed E-state index contributed by atoms with van der Waals surface area (Å²) in [5.41, 5.74) is 6.50. The Hall–Kier alpha value is -3.62. The monoisotopic (exact) mass is 415 g/mol. The second-order valence-electron chi connectivity index (χ2n) is 7.58. The summed E-state index contributed by atoms with van der Waals surface area (Å²) in [6.07, 6.45) is 0. The smallest absolute Gasteiger partial charge is 0.340 e. The standard InChI is InChI=1S/C21H25N3O6/c1-21(2,3)14-4-7-16(8-5-14)29-11-10-23-19(25)13-30-20(26)17-9-6-15(24(27)28)12-18(17)22/h4-9,12H,10-11,13,22H2,1-3H3,(H,23,25). The van der Waals surface area contributed by atoms with Gasteiger partial charge in [-0.25, -0.2) is 4.79 Å². The minimum atomic E-state index is -0.840. The van der Waals surface area contributed by atoms with Gasteiger partial charge in [0.05, 0.1) is 22.7 Å². The maximum absolute atomic E-state index is 12.0. The fraction of sp³-hybridized carbons (Fsp3) is 0.333. The maximum Gasteiger partial charge on any atom is 0.340 e. The number of benzene rings is 2. The Morgan fingerprint density at radius 2 is 1.80 bits per heavy atom. The van der Waals surface area contributed by atoms with E-state index in [4.69, 9.17) is 15.2 Å². The summed E-state index contributed by atoms with van der Waals surface area (Å²) < 4.78 is 10.5. The van der Waals surface area contributed by atoms with Gasteiger partial charge in [-0.3, -0.25) is 14.9 Å². The van der Waals surface area contributed by atoms with Gasteiger partial charge >= 0.3 is 5.97 Å². The molecule has 9 nitrogen and oxygen atoms in total. The number of hydrogen-bond donors (Lipinski definition) is 2. The van der Waals surface area contributed by atoms with Gasteiger partial charge in [-0.15, -0.1) is 0 Å². The number of nitrogens with two attached hydrogens (primary N) is 1. The summed E-state index contributed by atoms with van der Waals surface area (Å²) in [6, 6.07) is 11.1. The average molecular weight is 415 g/mol. The van der Waals surface area contributed by atoms with Gasteiger partial charge < -0.3 is 20.5 Å².